The Morgan fingerprint density at radius 3 is 3.05 bits per heavy atom. The van der Waals surface area contributed by atoms with Crippen molar-refractivity contribution in [2.45, 2.75) is 25.3 Å². The molecule has 0 spiro atoms. The first-order valence-electron chi connectivity index (χ1n) is 7.40. The standard InChI is InChI=1S/C16H18ClN3OS/c17-12-5-2-1-4-11(12)14-6-3-9-20(14)16(21)13-10-22-15(19-13)7-8-18/h1-2,4-5,10,14H,3,6-9,18H2/t14-/m0/s1. The molecule has 0 radical (unpaired) electrons. The summed E-state index contributed by atoms with van der Waals surface area (Å²) in [5, 5.41) is 3.46. The molecule has 4 nitrogen and oxygen atoms in total. The van der Waals surface area contributed by atoms with Gasteiger partial charge in [-0.25, -0.2) is 4.98 Å². The highest BCUT2D eigenvalue weighted by Crippen LogP contribution is 2.36. The van der Waals surface area contributed by atoms with Crippen molar-refractivity contribution in [3.05, 3.63) is 50.9 Å². The van der Waals surface area contributed by atoms with Crippen molar-refractivity contribution in [2.24, 2.45) is 5.73 Å². The summed E-state index contributed by atoms with van der Waals surface area (Å²) in [5.74, 6) is -0.0121. The van der Waals surface area contributed by atoms with Crippen molar-refractivity contribution in [1.82, 2.24) is 9.88 Å². The molecule has 6 heteroatoms. The van der Waals surface area contributed by atoms with Crippen LogP contribution in [-0.2, 0) is 6.42 Å². The molecule has 2 aromatic rings. The maximum atomic E-state index is 12.8. The monoisotopic (exact) mass is 335 g/mol. The number of nitrogens with two attached hydrogens (primary N) is 1. The van der Waals surface area contributed by atoms with Crippen LogP contribution in [0.15, 0.2) is 29.6 Å². The molecule has 116 valence electrons. The summed E-state index contributed by atoms with van der Waals surface area (Å²) in [7, 11) is 0. The van der Waals surface area contributed by atoms with Gasteiger partial charge >= 0.3 is 0 Å². The number of rotatable bonds is 4. The SMILES string of the molecule is NCCc1nc(C(=O)N2CCC[C@H]2c2ccccc2Cl)cs1. The second-order valence-corrected chi connectivity index (χ2v) is 6.69. The Morgan fingerprint density at radius 2 is 2.27 bits per heavy atom. The quantitative estimate of drug-likeness (QED) is 0.932. The molecule has 1 fully saturated rings. The third-order valence-corrected chi connectivity index (χ3v) is 5.16. The minimum atomic E-state index is -0.0121. The molecule has 1 aromatic carbocycles. The van der Waals surface area contributed by atoms with Crippen LogP contribution in [0.25, 0.3) is 0 Å². The smallest absolute Gasteiger partial charge is 0.273 e. The molecule has 22 heavy (non-hydrogen) atoms. The van der Waals surface area contributed by atoms with E-state index in [1.54, 1.807) is 0 Å². The van der Waals surface area contributed by atoms with Crippen molar-refractivity contribution in [1.29, 1.82) is 0 Å². The maximum absolute atomic E-state index is 12.8. The summed E-state index contributed by atoms with van der Waals surface area (Å²) in [6, 6.07) is 7.79. The number of hydrogen-bond acceptors (Lipinski definition) is 4. The van der Waals surface area contributed by atoms with Gasteiger partial charge in [0.2, 0.25) is 0 Å². The number of aromatic nitrogens is 1. The third kappa shape index (κ3) is 3.02. The summed E-state index contributed by atoms with van der Waals surface area (Å²) in [4.78, 5) is 19.1. The number of nitrogens with zero attached hydrogens (tertiary/aromatic N) is 2. The fraction of sp³-hybridized carbons (Fsp3) is 0.375. The second kappa shape index (κ2) is 6.77. The summed E-state index contributed by atoms with van der Waals surface area (Å²) >= 11 is 7.80. The normalized spacial score (nSPS) is 17.9. The molecule has 0 unspecified atom stereocenters. The lowest BCUT2D eigenvalue weighted by Gasteiger charge is -2.25. The first-order chi connectivity index (χ1) is 10.7. The molecule has 0 bridgehead atoms. The number of amides is 1. The van der Waals surface area contributed by atoms with Crippen LogP contribution in [0.1, 0.15) is 39.9 Å². The summed E-state index contributed by atoms with van der Waals surface area (Å²) in [6.07, 6.45) is 2.64. The number of carbonyl (C=O) groups excluding carboxylic acids is 1. The van der Waals surface area contributed by atoms with Crippen LogP contribution in [0.5, 0.6) is 0 Å². The zero-order valence-corrected chi connectivity index (χ0v) is 13.7. The van der Waals surface area contributed by atoms with Crippen molar-refractivity contribution >= 4 is 28.8 Å². The van der Waals surface area contributed by atoms with E-state index in [9.17, 15) is 4.79 Å². The first kappa shape index (κ1) is 15.5. The lowest BCUT2D eigenvalue weighted by Crippen LogP contribution is -2.31. The van der Waals surface area contributed by atoms with Crippen LogP contribution in [0.2, 0.25) is 5.02 Å². The molecule has 1 atom stereocenters. The number of hydrogen-bond donors (Lipinski definition) is 1. The summed E-state index contributed by atoms with van der Waals surface area (Å²) in [5.41, 5.74) is 7.08. The highest BCUT2D eigenvalue weighted by molar-refractivity contribution is 7.09. The molecule has 1 aliphatic heterocycles. The number of thiazole rings is 1. The van der Waals surface area contributed by atoms with Gasteiger partial charge in [0.05, 0.1) is 11.0 Å². The van der Waals surface area contributed by atoms with E-state index in [1.807, 2.05) is 34.5 Å². The van der Waals surface area contributed by atoms with Gasteiger partial charge in [0, 0.05) is 23.4 Å². The van der Waals surface area contributed by atoms with Crippen LogP contribution in [0, 0.1) is 0 Å². The van der Waals surface area contributed by atoms with Crippen LogP contribution in [0.3, 0.4) is 0 Å². The molecule has 1 saturated heterocycles. The van der Waals surface area contributed by atoms with E-state index < -0.39 is 0 Å². The molecule has 2 N–H and O–H groups in total. The van der Waals surface area contributed by atoms with Crippen LogP contribution < -0.4 is 5.73 Å². The third-order valence-electron chi connectivity index (χ3n) is 3.91. The zero-order chi connectivity index (χ0) is 15.5. The van der Waals surface area contributed by atoms with Crippen molar-refractivity contribution in [3.8, 4) is 0 Å². The van der Waals surface area contributed by atoms with E-state index in [-0.39, 0.29) is 11.9 Å². The number of likely N-dealkylation sites (tertiary alicyclic amines) is 1. The van der Waals surface area contributed by atoms with E-state index >= 15 is 0 Å². The van der Waals surface area contributed by atoms with Gasteiger partial charge in [0.1, 0.15) is 5.69 Å². The Labute approximate surface area is 138 Å². The van der Waals surface area contributed by atoms with E-state index in [0.717, 1.165) is 30.0 Å². The second-order valence-electron chi connectivity index (χ2n) is 5.34. The maximum Gasteiger partial charge on any atom is 0.273 e. The summed E-state index contributed by atoms with van der Waals surface area (Å²) in [6.45, 7) is 1.30. The number of benzene rings is 1. The molecule has 3 rings (SSSR count). The van der Waals surface area contributed by atoms with E-state index in [1.165, 1.54) is 11.3 Å². The van der Waals surface area contributed by atoms with Gasteiger partial charge in [0.15, 0.2) is 0 Å². The average Bonchev–Trinajstić information content (AvgIpc) is 3.16. The predicted molar refractivity (Wildman–Crippen MR) is 89.3 cm³/mol. The van der Waals surface area contributed by atoms with Crippen molar-refractivity contribution in [2.75, 3.05) is 13.1 Å². The van der Waals surface area contributed by atoms with Crippen LogP contribution in [0.4, 0.5) is 0 Å². The number of halogens is 1. The van der Waals surface area contributed by atoms with Crippen molar-refractivity contribution < 1.29 is 4.79 Å². The molecule has 0 saturated carbocycles. The zero-order valence-electron chi connectivity index (χ0n) is 12.2. The molecule has 0 aliphatic carbocycles. The Kier molecular flexibility index (Phi) is 4.76. The average molecular weight is 336 g/mol. The molecule has 1 amide bonds. The van der Waals surface area contributed by atoms with Gasteiger partial charge < -0.3 is 10.6 Å². The molecule has 1 aliphatic rings. The van der Waals surface area contributed by atoms with E-state index in [4.69, 9.17) is 17.3 Å². The topological polar surface area (TPSA) is 59.2 Å². The van der Waals surface area contributed by atoms with Gasteiger partial charge in [0.25, 0.3) is 5.91 Å². The molecule has 2 heterocycles. The van der Waals surface area contributed by atoms with E-state index in [2.05, 4.69) is 4.98 Å². The fourth-order valence-corrected chi connectivity index (χ4v) is 3.92. The van der Waals surface area contributed by atoms with Gasteiger partial charge in [-0.3, -0.25) is 4.79 Å². The van der Waals surface area contributed by atoms with Gasteiger partial charge in [-0.05, 0) is 31.0 Å². The van der Waals surface area contributed by atoms with Gasteiger partial charge in [-0.15, -0.1) is 11.3 Å². The minimum absolute atomic E-state index is 0.0121. The van der Waals surface area contributed by atoms with Crippen LogP contribution >= 0.6 is 22.9 Å². The Balaban J connectivity index is 1.83. The lowest BCUT2D eigenvalue weighted by molar-refractivity contribution is 0.0730. The van der Waals surface area contributed by atoms with Crippen LogP contribution in [-0.4, -0.2) is 28.9 Å². The van der Waals surface area contributed by atoms with Gasteiger partial charge in [-0.1, -0.05) is 29.8 Å². The highest BCUT2D eigenvalue weighted by atomic mass is 35.5. The van der Waals surface area contributed by atoms with E-state index in [0.29, 0.717) is 23.7 Å². The highest BCUT2D eigenvalue weighted by Gasteiger charge is 2.32. The Morgan fingerprint density at radius 1 is 1.45 bits per heavy atom. The molecular weight excluding hydrogens is 318 g/mol. The lowest BCUT2D eigenvalue weighted by atomic mass is 10.0. The summed E-state index contributed by atoms with van der Waals surface area (Å²) < 4.78 is 0. The molecule has 1 aromatic heterocycles. The minimum Gasteiger partial charge on any atom is -0.330 e. The molecular formula is C16H18ClN3OS. The van der Waals surface area contributed by atoms with Crippen molar-refractivity contribution in [3.63, 3.8) is 0 Å². The predicted octanol–water partition coefficient (Wildman–Crippen LogP) is 3.28. The Bertz CT molecular complexity index is 673. The fourth-order valence-electron chi connectivity index (χ4n) is 2.87. The van der Waals surface area contributed by atoms with Gasteiger partial charge in [-0.2, -0.15) is 0 Å². The number of carbonyl (C=O) groups is 1. The largest absolute Gasteiger partial charge is 0.330 e. The first-order valence-corrected chi connectivity index (χ1v) is 8.66. The Hall–Kier alpha value is -1.43.